The van der Waals surface area contributed by atoms with E-state index in [1.165, 1.54) is 6.92 Å². The van der Waals surface area contributed by atoms with Crippen LogP contribution in [0.15, 0.2) is 24.3 Å². The summed E-state index contributed by atoms with van der Waals surface area (Å²) in [5, 5.41) is 2.64. The fourth-order valence-electron chi connectivity index (χ4n) is 1.71. The molecule has 0 saturated carbocycles. The average Bonchev–Trinajstić information content (AvgIpc) is 2.44. The highest BCUT2D eigenvalue weighted by Gasteiger charge is 2.19. The largest absolute Gasteiger partial charge is 0.497 e. The normalized spacial score (nSPS) is 11.6. The van der Waals surface area contributed by atoms with Crippen LogP contribution in [-0.4, -0.2) is 31.5 Å². The quantitative estimate of drug-likeness (QED) is 0.631. The van der Waals surface area contributed by atoms with E-state index in [4.69, 9.17) is 4.74 Å². The first-order valence-electron chi connectivity index (χ1n) is 6.49. The van der Waals surface area contributed by atoms with Gasteiger partial charge in [0, 0.05) is 19.9 Å². The van der Waals surface area contributed by atoms with E-state index in [-0.39, 0.29) is 11.8 Å². The predicted octanol–water partition coefficient (Wildman–Crippen LogP) is 0.383. The van der Waals surface area contributed by atoms with Gasteiger partial charge in [-0.05, 0) is 17.7 Å². The van der Waals surface area contributed by atoms with Crippen molar-refractivity contribution in [2.45, 2.75) is 26.3 Å². The van der Waals surface area contributed by atoms with E-state index < -0.39 is 6.04 Å². The van der Waals surface area contributed by atoms with E-state index in [1.807, 2.05) is 31.2 Å². The Morgan fingerprint density at radius 3 is 2.40 bits per heavy atom. The highest BCUT2D eigenvalue weighted by atomic mass is 16.5. The summed E-state index contributed by atoms with van der Waals surface area (Å²) in [7, 11) is 1.60. The lowest BCUT2D eigenvalue weighted by atomic mass is 10.1. The van der Waals surface area contributed by atoms with Gasteiger partial charge in [0.2, 0.25) is 5.91 Å². The van der Waals surface area contributed by atoms with Crippen molar-refractivity contribution in [3.8, 4) is 5.75 Å². The third-order valence-corrected chi connectivity index (χ3v) is 2.68. The van der Waals surface area contributed by atoms with Crippen LogP contribution in [0.2, 0.25) is 0 Å². The number of carbonyl (C=O) groups is 2. The van der Waals surface area contributed by atoms with Gasteiger partial charge in [0.15, 0.2) is 0 Å². The number of nitrogens with one attached hydrogen (secondary N) is 3. The SMILES string of the molecule is CCNNC(=O)[C@@H](Cc1ccc(OC)cc1)NC(C)=O. The maximum absolute atomic E-state index is 12.0. The first-order chi connectivity index (χ1) is 9.56. The monoisotopic (exact) mass is 279 g/mol. The second-order valence-corrected chi connectivity index (χ2v) is 4.32. The van der Waals surface area contributed by atoms with E-state index in [1.54, 1.807) is 7.11 Å². The Hall–Kier alpha value is -2.08. The van der Waals surface area contributed by atoms with Gasteiger partial charge >= 0.3 is 0 Å². The Balaban J connectivity index is 2.71. The summed E-state index contributed by atoms with van der Waals surface area (Å²) in [6, 6.07) is 6.77. The van der Waals surface area contributed by atoms with Gasteiger partial charge in [0.25, 0.3) is 5.91 Å². The van der Waals surface area contributed by atoms with Gasteiger partial charge in [-0.25, -0.2) is 5.43 Å². The molecule has 1 rings (SSSR count). The molecule has 0 aliphatic rings. The molecule has 0 aromatic heterocycles. The van der Waals surface area contributed by atoms with Crippen LogP contribution >= 0.6 is 0 Å². The van der Waals surface area contributed by atoms with Gasteiger partial charge in [-0.15, -0.1) is 0 Å². The van der Waals surface area contributed by atoms with Gasteiger partial charge < -0.3 is 10.1 Å². The molecule has 0 fully saturated rings. The Morgan fingerprint density at radius 1 is 1.25 bits per heavy atom. The van der Waals surface area contributed by atoms with E-state index in [9.17, 15) is 9.59 Å². The van der Waals surface area contributed by atoms with E-state index in [0.717, 1.165) is 11.3 Å². The van der Waals surface area contributed by atoms with Crippen LogP contribution in [0.5, 0.6) is 5.75 Å². The van der Waals surface area contributed by atoms with Crippen molar-refractivity contribution in [1.29, 1.82) is 0 Å². The van der Waals surface area contributed by atoms with Crippen molar-refractivity contribution < 1.29 is 14.3 Å². The second-order valence-electron chi connectivity index (χ2n) is 4.32. The Bertz CT molecular complexity index is 445. The lowest BCUT2D eigenvalue weighted by Gasteiger charge is -2.18. The second kappa shape index (κ2) is 8.16. The lowest BCUT2D eigenvalue weighted by molar-refractivity contribution is -0.128. The molecule has 1 atom stereocenters. The van der Waals surface area contributed by atoms with E-state index >= 15 is 0 Å². The maximum atomic E-state index is 12.0. The van der Waals surface area contributed by atoms with Crippen molar-refractivity contribution in [1.82, 2.24) is 16.2 Å². The molecule has 2 amide bonds. The zero-order valence-corrected chi connectivity index (χ0v) is 12.0. The molecular formula is C14H21N3O3. The number of hydrazine groups is 1. The number of amides is 2. The van der Waals surface area contributed by atoms with Crippen LogP contribution in [-0.2, 0) is 16.0 Å². The standard InChI is InChI=1S/C14H21N3O3/c1-4-15-17-14(19)13(16-10(2)18)9-11-5-7-12(20-3)8-6-11/h5-8,13,15H,4,9H2,1-3H3,(H,16,18)(H,17,19)/t13-/m1/s1. The van der Waals surface area contributed by atoms with Gasteiger partial charge in [-0.1, -0.05) is 19.1 Å². The highest BCUT2D eigenvalue weighted by Crippen LogP contribution is 2.12. The van der Waals surface area contributed by atoms with Crippen molar-refractivity contribution in [2.24, 2.45) is 0 Å². The molecule has 0 spiro atoms. The summed E-state index contributed by atoms with van der Waals surface area (Å²) < 4.78 is 5.08. The molecule has 20 heavy (non-hydrogen) atoms. The number of hydrogen-bond donors (Lipinski definition) is 3. The summed E-state index contributed by atoms with van der Waals surface area (Å²) in [5.41, 5.74) is 6.23. The number of ether oxygens (including phenoxy) is 1. The molecule has 0 unspecified atom stereocenters. The topological polar surface area (TPSA) is 79.5 Å². The predicted molar refractivity (Wildman–Crippen MR) is 76.1 cm³/mol. The lowest BCUT2D eigenvalue weighted by Crippen LogP contribution is -2.51. The fraction of sp³-hybridized carbons (Fsp3) is 0.429. The van der Waals surface area contributed by atoms with Crippen LogP contribution in [0.3, 0.4) is 0 Å². The summed E-state index contributed by atoms with van der Waals surface area (Å²) in [4.78, 5) is 23.1. The number of methoxy groups -OCH3 is 1. The zero-order chi connectivity index (χ0) is 15.0. The van der Waals surface area contributed by atoms with Gasteiger partial charge in [0.1, 0.15) is 11.8 Å². The van der Waals surface area contributed by atoms with Gasteiger partial charge in [-0.2, -0.15) is 0 Å². The Morgan fingerprint density at radius 2 is 1.90 bits per heavy atom. The molecule has 6 nitrogen and oxygen atoms in total. The van der Waals surface area contributed by atoms with E-state index in [0.29, 0.717) is 13.0 Å². The number of carbonyl (C=O) groups excluding carboxylic acids is 2. The summed E-state index contributed by atoms with van der Waals surface area (Å²) in [6.07, 6.45) is 0.417. The van der Waals surface area contributed by atoms with Crippen LogP contribution in [0.1, 0.15) is 19.4 Å². The number of hydrogen-bond acceptors (Lipinski definition) is 4. The third-order valence-electron chi connectivity index (χ3n) is 2.68. The minimum absolute atomic E-state index is 0.241. The summed E-state index contributed by atoms with van der Waals surface area (Å²) in [6.45, 7) is 3.87. The zero-order valence-electron chi connectivity index (χ0n) is 12.0. The van der Waals surface area contributed by atoms with Crippen LogP contribution in [0.4, 0.5) is 0 Å². The molecule has 0 aliphatic carbocycles. The highest BCUT2D eigenvalue weighted by molar-refractivity contribution is 5.86. The maximum Gasteiger partial charge on any atom is 0.256 e. The molecular weight excluding hydrogens is 258 g/mol. The summed E-state index contributed by atoms with van der Waals surface area (Å²) in [5.74, 6) is 0.245. The molecule has 3 N–H and O–H groups in total. The first kappa shape index (κ1) is 16.0. The molecule has 0 aliphatic heterocycles. The van der Waals surface area contributed by atoms with Crippen molar-refractivity contribution in [3.05, 3.63) is 29.8 Å². The van der Waals surface area contributed by atoms with Crippen molar-refractivity contribution in [2.75, 3.05) is 13.7 Å². The van der Waals surface area contributed by atoms with Crippen LogP contribution < -0.4 is 20.9 Å². The smallest absolute Gasteiger partial charge is 0.256 e. The van der Waals surface area contributed by atoms with Gasteiger partial charge in [-0.3, -0.25) is 15.0 Å². The van der Waals surface area contributed by atoms with Crippen molar-refractivity contribution in [3.63, 3.8) is 0 Å². The molecule has 1 aromatic rings. The third kappa shape index (κ3) is 5.27. The molecule has 6 heteroatoms. The fourth-order valence-corrected chi connectivity index (χ4v) is 1.71. The number of benzene rings is 1. The molecule has 0 bridgehead atoms. The Labute approximate surface area is 118 Å². The van der Waals surface area contributed by atoms with Crippen LogP contribution in [0.25, 0.3) is 0 Å². The average molecular weight is 279 g/mol. The number of rotatable bonds is 7. The minimum Gasteiger partial charge on any atom is -0.497 e. The molecule has 110 valence electrons. The summed E-state index contributed by atoms with van der Waals surface area (Å²) >= 11 is 0. The van der Waals surface area contributed by atoms with Gasteiger partial charge in [0.05, 0.1) is 7.11 Å². The Kier molecular flexibility index (Phi) is 6.52. The molecule has 0 heterocycles. The first-order valence-corrected chi connectivity index (χ1v) is 6.49. The molecule has 1 aromatic carbocycles. The minimum atomic E-state index is -0.611. The molecule has 0 saturated heterocycles. The molecule has 0 radical (unpaired) electrons. The van der Waals surface area contributed by atoms with Crippen LogP contribution in [0, 0.1) is 0 Å². The van der Waals surface area contributed by atoms with E-state index in [2.05, 4.69) is 16.2 Å². The van der Waals surface area contributed by atoms with Crippen molar-refractivity contribution >= 4 is 11.8 Å².